The summed E-state index contributed by atoms with van der Waals surface area (Å²) in [5, 5.41) is 3.57. The maximum atomic E-state index is 3.57. The zero-order chi connectivity index (χ0) is 12.0. The van der Waals surface area contributed by atoms with E-state index in [9.17, 15) is 0 Å². The molecule has 16 heavy (non-hydrogen) atoms. The maximum absolute atomic E-state index is 3.57. The lowest BCUT2D eigenvalue weighted by molar-refractivity contribution is 0.128. The van der Waals surface area contributed by atoms with E-state index in [1.54, 1.807) is 0 Å². The molecule has 2 unspecified atom stereocenters. The van der Waals surface area contributed by atoms with E-state index in [4.69, 9.17) is 0 Å². The average molecular weight is 227 g/mol. The van der Waals surface area contributed by atoms with E-state index >= 15 is 0 Å². The van der Waals surface area contributed by atoms with Gasteiger partial charge < -0.3 is 10.2 Å². The summed E-state index contributed by atoms with van der Waals surface area (Å²) in [7, 11) is 4.31. The third-order valence-corrected chi connectivity index (χ3v) is 3.50. The van der Waals surface area contributed by atoms with E-state index in [1.807, 2.05) is 0 Å². The molecule has 3 heteroatoms. The van der Waals surface area contributed by atoms with Gasteiger partial charge in [-0.3, -0.25) is 4.90 Å². The van der Waals surface area contributed by atoms with Crippen LogP contribution in [0.3, 0.4) is 0 Å². The number of nitrogens with one attached hydrogen (secondary N) is 1. The van der Waals surface area contributed by atoms with Gasteiger partial charge in [0.1, 0.15) is 0 Å². The van der Waals surface area contributed by atoms with E-state index in [2.05, 4.69) is 43.1 Å². The Morgan fingerprint density at radius 1 is 1.31 bits per heavy atom. The van der Waals surface area contributed by atoms with Gasteiger partial charge in [0.05, 0.1) is 0 Å². The highest BCUT2D eigenvalue weighted by atomic mass is 15.2. The Bertz CT molecular complexity index is 182. The summed E-state index contributed by atoms with van der Waals surface area (Å²) in [6.45, 7) is 9.48. The molecule has 0 radical (unpaired) electrons. The Balaban J connectivity index is 2.21. The van der Waals surface area contributed by atoms with E-state index in [-0.39, 0.29) is 0 Å². The fourth-order valence-electron chi connectivity index (χ4n) is 2.45. The van der Waals surface area contributed by atoms with Crippen LogP contribution in [0.1, 0.15) is 33.1 Å². The molecule has 0 bridgehead atoms. The first-order valence-corrected chi connectivity index (χ1v) is 6.75. The van der Waals surface area contributed by atoms with Crippen molar-refractivity contribution in [2.24, 2.45) is 0 Å². The monoisotopic (exact) mass is 227 g/mol. The van der Waals surface area contributed by atoms with Crippen molar-refractivity contribution in [3.63, 3.8) is 0 Å². The van der Waals surface area contributed by atoms with Crippen LogP contribution in [0.25, 0.3) is 0 Å². The van der Waals surface area contributed by atoms with Gasteiger partial charge in [-0.15, -0.1) is 0 Å². The van der Waals surface area contributed by atoms with Crippen molar-refractivity contribution in [1.29, 1.82) is 0 Å². The maximum Gasteiger partial charge on any atom is 0.0218 e. The molecule has 0 aromatic carbocycles. The highest BCUT2D eigenvalue weighted by Gasteiger charge is 2.23. The molecule has 3 nitrogen and oxygen atoms in total. The van der Waals surface area contributed by atoms with Gasteiger partial charge in [-0.1, -0.05) is 6.92 Å². The van der Waals surface area contributed by atoms with Crippen molar-refractivity contribution in [2.45, 2.75) is 45.2 Å². The van der Waals surface area contributed by atoms with Crippen molar-refractivity contribution in [3.05, 3.63) is 0 Å². The highest BCUT2D eigenvalue weighted by molar-refractivity contribution is 4.83. The van der Waals surface area contributed by atoms with Crippen molar-refractivity contribution in [1.82, 2.24) is 15.1 Å². The van der Waals surface area contributed by atoms with E-state index in [0.717, 1.165) is 6.04 Å². The highest BCUT2D eigenvalue weighted by Crippen LogP contribution is 2.11. The quantitative estimate of drug-likeness (QED) is 0.692. The molecule has 2 atom stereocenters. The Morgan fingerprint density at radius 2 is 2.06 bits per heavy atom. The Hall–Kier alpha value is -0.120. The predicted octanol–water partition coefficient (Wildman–Crippen LogP) is 1.40. The molecule has 1 N–H and O–H groups in total. The third kappa shape index (κ3) is 4.81. The van der Waals surface area contributed by atoms with Gasteiger partial charge in [0.25, 0.3) is 0 Å². The fourth-order valence-corrected chi connectivity index (χ4v) is 2.45. The molecular weight excluding hydrogens is 198 g/mol. The summed E-state index contributed by atoms with van der Waals surface area (Å²) >= 11 is 0. The number of hydrogen-bond donors (Lipinski definition) is 1. The van der Waals surface area contributed by atoms with Crippen LogP contribution in [0.4, 0.5) is 0 Å². The Morgan fingerprint density at radius 3 is 2.69 bits per heavy atom. The minimum absolute atomic E-state index is 0.664. The first kappa shape index (κ1) is 13.9. The van der Waals surface area contributed by atoms with Gasteiger partial charge in [0.15, 0.2) is 0 Å². The van der Waals surface area contributed by atoms with E-state index in [1.165, 1.54) is 45.4 Å². The third-order valence-electron chi connectivity index (χ3n) is 3.50. The van der Waals surface area contributed by atoms with Crippen molar-refractivity contribution >= 4 is 0 Å². The average Bonchev–Trinajstić information content (AvgIpc) is 2.24. The first-order valence-electron chi connectivity index (χ1n) is 6.75. The zero-order valence-corrected chi connectivity index (χ0v) is 11.5. The standard InChI is InChI=1S/C13H29N3/c1-5-13-10-14-12(2)11-16(13)9-7-6-8-15(3)4/h12-14H,5-11H2,1-4H3. The molecule has 1 fully saturated rings. The number of unbranched alkanes of at least 4 members (excludes halogenated alkanes) is 1. The summed E-state index contributed by atoms with van der Waals surface area (Å²) in [5.41, 5.74) is 0. The van der Waals surface area contributed by atoms with Gasteiger partial charge in [-0.2, -0.15) is 0 Å². The number of nitrogens with zero attached hydrogens (tertiary/aromatic N) is 2. The molecule has 0 aromatic rings. The molecule has 0 saturated carbocycles. The van der Waals surface area contributed by atoms with E-state index < -0.39 is 0 Å². The Labute approximate surface area is 101 Å². The summed E-state index contributed by atoms with van der Waals surface area (Å²) in [6.07, 6.45) is 3.93. The molecule has 1 aliphatic heterocycles. The molecular formula is C13H29N3. The second-order valence-electron chi connectivity index (χ2n) is 5.38. The van der Waals surface area contributed by atoms with Crippen LogP contribution in [0, 0.1) is 0 Å². The summed E-state index contributed by atoms with van der Waals surface area (Å²) in [6, 6.07) is 1.42. The summed E-state index contributed by atoms with van der Waals surface area (Å²) in [4.78, 5) is 4.95. The number of hydrogen-bond acceptors (Lipinski definition) is 3. The molecule has 1 heterocycles. The smallest absolute Gasteiger partial charge is 0.0218 e. The SMILES string of the molecule is CCC1CNC(C)CN1CCCCN(C)C. The van der Waals surface area contributed by atoms with Crippen LogP contribution in [-0.2, 0) is 0 Å². The lowest BCUT2D eigenvalue weighted by Gasteiger charge is -2.39. The molecule has 0 spiro atoms. The second kappa shape index (κ2) is 7.25. The topological polar surface area (TPSA) is 18.5 Å². The molecule has 0 aromatic heterocycles. The molecule has 96 valence electrons. The van der Waals surface area contributed by atoms with Crippen LogP contribution in [-0.4, -0.2) is 62.2 Å². The van der Waals surface area contributed by atoms with Crippen molar-refractivity contribution < 1.29 is 0 Å². The molecule has 0 aliphatic carbocycles. The van der Waals surface area contributed by atoms with Crippen molar-refractivity contribution in [2.75, 3.05) is 40.3 Å². The van der Waals surface area contributed by atoms with Crippen LogP contribution < -0.4 is 5.32 Å². The van der Waals surface area contributed by atoms with Crippen molar-refractivity contribution in [3.8, 4) is 0 Å². The lowest BCUT2D eigenvalue weighted by Crippen LogP contribution is -2.55. The minimum Gasteiger partial charge on any atom is -0.311 e. The number of piperazine rings is 1. The zero-order valence-electron chi connectivity index (χ0n) is 11.5. The van der Waals surface area contributed by atoms with Gasteiger partial charge in [0.2, 0.25) is 0 Å². The first-order chi connectivity index (χ1) is 7.63. The predicted molar refractivity (Wildman–Crippen MR) is 70.9 cm³/mol. The van der Waals surface area contributed by atoms with Crippen LogP contribution in [0.15, 0.2) is 0 Å². The Kier molecular flexibility index (Phi) is 6.32. The number of rotatable bonds is 6. The molecule has 0 amide bonds. The van der Waals surface area contributed by atoms with E-state index in [0.29, 0.717) is 6.04 Å². The minimum atomic E-state index is 0.664. The fraction of sp³-hybridized carbons (Fsp3) is 1.00. The van der Waals surface area contributed by atoms with Gasteiger partial charge >= 0.3 is 0 Å². The second-order valence-corrected chi connectivity index (χ2v) is 5.38. The summed E-state index contributed by atoms with van der Waals surface area (Å²) in [5.74, 6) is 0. The lowest BCUT2D eigenvalue weighted by atomic mass is 10.1. The molecule has 1 rings (SSSR count). The van der Waals surface area contributed by atoms with Gasteiger partial charge in [-0.05, 0) is 53.4 Å². The van der Waals surface area contributed by atoms with Crippen LogP contribution in [0.2, 0.25) is 0 Å². The van der Waals surface area contributed by atoms with Crippen LogP contribution in [0.5, 0.6) is 0 Å². The van der Waals surface area contributed by atoms with Crippen LogP contribution >= 0.6 is 0 Å². The normalized spacial score (nSPS) is 27.6. The molecule has 1 aliphatic rings. The van der Waals surface area contributed by atoms with Gasteiger partial charge in [0, 0.05) is 25.2 Å². The largest absolute Gasteiger partial charge is 0.311 e. The summed E-state index contributed by atoms with van der Waals surface area (Å²) < 4.78 is 0. The van der Waals surface area contributed by atoms with Gasteiger partial charge in [-0.25, -0.2) is 0 Å². The molecule has 1 saturated heterocycles.